The molecule has 10 heavy (non-hydrogen) atoms. The molecule has 0 heterocycles. The SMILES string of the molecule is CC(C(N)=O)C(C)(I)C=O. The van der Waals surface area contributed by atoms with Crippen molar-refractivity contribution in [1.82, 2.24) is 0 Å². The molecule has 0 spiro atoms. The number of primary amides is 1. The van der Waals surface area contributed by atoms with E-state index < -0.39 is 15.2 Å². The summed E-state index contributed by atoms with van der Waals surface area (Å²) in [5.74, 6) is -0.852. The molecule has 0 aliphatic heterocycles. The highest BCUT2D eigenvalue weighted by atomic mass is 127. The van der Waals surface area contributed by atoms with Crippen molar-refractivity contribution in [3.05, 3.63) is 0 Å². The summed E-state index contributed by atoms with van der Waals surface area (Å²) in [5.41, 5.74) is 5.00. The molecule has 0 saturated carbocycles. The maximum Gasteiger partial charge on any atom is 0.222 e. The Balaban J connectivity index is 4.31. The third-order valence-corrected chi connectivity index (χ3v) is 2.69. The molecule has 0 rings (SSSR count). The summed E-state index contributed by atoms with van der Waals surface area (Å²) >= 11 is 1.91. The summed E-state index contributed by atoms with van der Waals surface area (Å²) in [6, 6.07) is 0. The zero-order chi connectivity index (χ0) is 8.36. The van der Waals surface area contributed by atoms with Crippen LogP contribution in [0, 0.1) is 5.92 Å². The van der Waals surface area contributed by atoms with Gasteiger partial charge in [-0.1, -0.05) is 29.5 Å². The highest BCUT2D eigenvalue weighted by Crippen LogP contribution is 2.24. The number of rotatable bonds is 3. The fourth-order valence-corrected chi connectivity index (χ4v) is 0.687. The van der Waals surface area contributed by atoms with E-state index in [1.807, 2.05) is 22.6 Å². The molecule has 58 valence electrons. The zero-order valence-electron chi connectivity index (χ0n) is 5.93. The number of carbonyl (C=O) groups is 2. The van der Waals surface area contributed by atoms with Gasteiger partial charge in [0, 0.05) is 0 Å². The largest absolute Gasteiger partial charge is 0.369 e. The van der Waals surface area contributed by atoms with E-state index in [4.69, 9.17) is 5.73 Å². The Labute approximate surface area is 73.5 Å². The van der Waals surface area contributed by atoms with E-state index in [0.29, 0.717) is 0 Å². The lowest BCUT2D eigenvalue weighted by atomic mass is 9.97. The Morgan fingerprint density at radius 2 is 2.20 bits per heavy atom. The molecule has 0 radical (unpaired) electrons. The quantitative estimate of drug-likeness (QED) is 0.453. The third-order valence-electron chi connectivity index (χ3n) is 1.50. The van der Waals surface area contributed by atoms with Crippen LogP contribution in [0.25, 0.3) is 0 Å². The maximum absolute atomic E-state index is 10.6. The Bertz CT molecular complexity index is 156. The van der Waals surface area contributed by atoms with E-state index >= 15 is 0 Å². The van der Waals surface area contributed by atoms with E-state index in [0.717, 1.165) is 6.29 Å². The smallest absolute Gasteiger partial charge is 0.222 e. The van der Waals surface area contributed by atoms with Gasteiger partial charge in [0.2, 0.25) is 5.91 Å². The molecule has 4 heteroatoms. The predicted octanol–water partition coefficient (Wildman–Crippen LogP) is 0.500. The summed E-state index contributed by atoms with van der Waals surface area (Å²) < 4.78 is -0.663. The topological polar surface area (TPSA) is 60.2 Å². The van der Waals surface area contributed by atoms with Gasteiger partial charge in [0.25, 0.3) is 0 Å². The number of hydrogen-bond acceptors (Lipinski definition) is 2. The van der Waals surface area contributed by atoms with Gasteiger partial charge >= 0.3 is 0 Å². The maximum atomic E-state index is 10.6. The molecule has 1 amide bonds. The Morgan fingerprint density at radius 1 is 1.80 bits per heavy atom. The van der Waals surface area contributed by atoms with E-state index in [1.54, 1.807) is 13.8 Å². The van der Waals surface area contributed by atoms with Crippen LogP contribution in [0.15, 0.2) is 0 Å². The van der Waals surface area contributed by atoms with Crippen LogP contribution in [-0.2, 0) is 9.59 Å². The number of halogens is 1. The van der Waals surface area contributed by atoms with Crippen molar-refractivity contribution in [1.29, 1.82) is 0 Å². The Morgan fingerprint density at radius 3 is 2.30 bits per heavy atom. The highest BCUT2D eigenvalue weighted by Gasteiger charge is 2.31. The number of alkyl halides is 1. The van der Waals surface area contributed by atoms with Gasteiger partial charge in [-0.25, -0.2) is 0 Å². The molecule has 2 N–H and O–H groups in total. The lowest BCUT2D eigenvalue weighted by Crippen LogP contribution is -2.37. The van der Waals surface area contributed by atoms with Gasteiger partial charge in [-0.2, -0.15) is 0 Å². The van der Waals surface area contributed by atoms with Crippen molar-refractivity contribution < 1.29 is 9.59 Å². The summed E-state index contributed by atoms with van der Waals surface area (Å²) in [6.07, 6.45) is 0.739. The van der Waals surface area contributed by atoms with Crippen LogP contribution in [-0.4, -0.2) is 15.6 Å². The van der Waals surface area contributed by atoms with E-state index in [2.05, 4.69) is 0 Å². The van der Waals surface area contributed by atoms with Gasteiger partial charge in [-0.3, -0.25) is 4.79 Å². The van der Waals surface area contributed by atoms with Gasteiger partial charge in [0.1, 0.15) is 6.29 Å². The molecule has 0 bridgehead atoms. The predicted molar refractivity (Wildman–Crippen MR) is 46.8 cm³/mol. The Kier molecular flexibility index (Phi) is 3.27. The van der Waals surface area contributed by atoms with Crippen molar-refractivity contribution >= 4 is 34.8 Å². The van der Waals surface area contributed by atoms with Crippen LogP contribution in [0.1, 0.15) is 13.8 Å². The number of hydrogen-bond donors (Lipinski definition) is 1. The molecule has 0 aliphatic rings. The van der Waals surface area contributed by atoms with Gasteiger partial charge in [0.15, 0.2) is 0 Å². The lowest BCUT2D eigenvalue weighted by Gasteiger charge is -2.19. The number of carbonyl (C=O) groups excluding carboxylic acids is 2. The monoisotopic (exact) mass is 255 g/mol. The lowest BCUT2D eigenvalue weighted by molar-refractivity contribution is -0.124. The van der Waals surface area contributed by atoms with Gasteiger partial charge < -0.3 is 10.5 Å². The molecular weight excluding hydrogens is 245 g/mol. The summed E-state index contributed by atoms with van der Waals surface area (Å²) in [5, 5.41) is 0. The first-order valence-electron chi connectivity index (χ1n) is 2.86. The van der Waals surface area contributed by atoms with Crippen molar-refractivity contribution in [2.75, 3.05) is 0 Å². The normalized spacial score (nSPS) is 19.1. The molecule has 0 fully saturated rings. The zero-order valence-corrected chi connectivity index (χ0v) is 8.08. The van der Waals surface area contributed by atoms with Crippen LogP contribution in [0.2, 0.25) is 0 Å². The van der Waals surface area contributed by atoms with Crippen molar-refractivity contribution in [2.45, 2.75) is 17.3 Å². The minimum absolute atomic E-state index is 0.411. The first kappa shape index (κ1) is 9.87. The van der Waals surface area contributed by atoms with Crippen LogP contribution < -0.4 is 5.73 Å². The second-order valence-electron chi connectivity index (χ2n) is 2.39. The van der Waals surface area contributed by atoms with Crippen molar-refractivity contribution in [3.8, 4) is 0 Å². The highest BCUT2D eigenvalue weighted by molar-refractivity contribution is 14.1. The Hall–Kier alpha value is -0.130. The molecular formula is C6H10INO2. The van der Waals surface area contributed by atoms with Crippen molar-refractivity contribution in [3.63, 3.8) is 0 Å². The second-order valence-corrected chi connectivity index (χ2v) is 4.72. The first-order chi connectivity index (χ1) is 4.41. The van der Waals surface area contributed by atoms with Gasteiger partial charge in [0.05, 0.1) is 9.34 Å². The van der Waals surface area contributed by atoms with Crippen LogP contribution in [0.3, 0.4) is 0 Å². The molecule has 0 saturated heterocycles. The minimum atomic E-state index is -0.663. The summed E-state index contributed by atoms with van der Waals surface area (Å²) in [7, 11) is 0. The average molecular weight is 255 g/mol. The number of aldehydes is 1. The van der Waals surface area contributed by atoms with Crippen LogP contribution in [0.5, 0.6) is 0 Å². The molecule has 0 aromatic carbocycles. The number of amides is 1. The average Bonchev–Trinajstić information content (AvgIpc) is 1.86. The fourth-order valence-electron chi connectivity index (χ4n) is 0.380. The minimum Gasteiger partial charge on any atom is -0.369 e. The van der Waals surface area contributed by atoms with Crippen LogP contribution in [0.4, 0.5) is 0 Å². The van der Waals surface area contributed by atoms with Crippen LogP contribution >= 0.6 is 22.6 Å². The van der Waals surface area contributed by atoms with E-state index in [-0.39, 0.29) is 0 Å². The fraction of sp³-hybridized carbons (Fsp3) is 0.667. The van der Waals surface area contributed by atoms with Gasteiger partial charge in [-0.15, -0.1) is 0 Å². The molecule has 0 aromatic rings. The van der Waals surface area contributed by atoms with Gasteiger partial charge in [-0.05, 0) is 6.92 Å². The standard InChI is InChI=1S/C6H10INO2/c1-4(5(8)10)6(2,7)3-9/h3-4H,1-2H3,(H2,8,10). The molecule has 2 unspecified atom stereocenters. The van der Waals surface area contributed by atoms with E-state index in [9.17, 15) is 9.59 Å². The molecule has 0 aromatic heterocycles. The first-order valence-corrected chi connectivity index (χ1v) is 3.94. The molecule has 2 atom stereocenters. The summed E-state index contributed by atoms with van der Waals surface area (Å²) in [4.78, 5) is 20.9. The second kappa shape index (κ2) is 3.32. The van der Waals surface area contributed by atoms with Crippen molar-refractivity contribution in [2.24, 2.45) is 11.7 Å². The molecule has 0 aliphatic carbocycles. The van der Waals surface area contributed by atoms with E-state index in [1.165, 1.54) is 0 Å². The molecule has 3 nitrogen and oxygen atoms in total. The number of nitrogens with two attached hydrogens (primary N) is 1. The third kappa shape index (κ3) is 2.24. The summed E-state index contributed by atoms with van der Waals surface area (Å²) in [6.45, 7) is 3.32.